The molecule has 0 spiro atoms. The third-order valence-electron chi connectivity index (χ3n) is 2.89. The van der Waals surface area contributed by atoms with Crippen molar-refractivity contribution in [3.05, 3.63) is 29.8 Å². The Morgan fingerprint density at radius 1 is 1.47 bits per heavy atom. The Morgan fingerprint density at radius 2 is 2.26 bits per heavy atom. The number of hydrogen-bond donors (Lipinski definition) is 2. The van der Waals surface area contributed by atoms with Gasteiger partial charge in [-0.15, -0.1) is 0 Å². The molecule has 1 amide bonds. The first-order chi connectivity index (χ1) is 9.19. The second-order valence-electron chi connectivity index (χ2n) is 4.36. The number of fused-ring (bicyclic) bond motifs is 1. The summed E-state index contributed by atoms with van der Waals surface area (Å²) in [6.07, 6.45) is 4.06. The Labute approximate surface area is 112 Å². The molecule has 19 heavy (non-hydrogen) atoms. The van der Waals surface area contributed by atoms with Crippen LogP contribution in [0.3, 0.4) is 0 Å². The normalized spacial score (nSPS) is 14.6. The standard InChI is InChI=1S/C14H18N2O3/c1-2-11(15)8-16-14(17)6-4-10-3-5-12-13(7-10)19-9-18-12/h3-7,11H,2,8-9,15H2,1H3,(H,16,17)/b6-4+. The molecule has 0 saturated carbocycles. The van der Waals surface area contributed by atoms with Crippen molar-refractivity contribution < 1.29 is 14.3 Å². The number of amides is 1. The molecule has 102 valence electrons. The average molecular weight is 262 g/mol. The van der Waals surface area contributed by atoms with Gasteiger partial charge in [-0.1, -0.05) is 13.0 Å². The molecule has 1 atom stereocenters. The molecular formula is C14H18N2O3. The maximum Gasteiger partial charge on any atom is 0.244 e. The number of carbonyl (C=O) groups is 1. The zero-order chi connectivity index (χ0) is 13.7. The molecule has 1 aliphatic rings. The van der Waals surface area contributed by atoms with Crippen LogP contribution in [-0.2, 0) is 4.79 Å². The first-order valence-electron chi connectivity index (χ1n) is 6.30. The fourth-order valence-electron chi connectivity index (χ4n) is 1.62. The van der Waals surface area contributed by atoms with E-state index in [-0.39, 0.29) is 18.7 Å². The molecule has 1 unspecified atom stereocenters. The van der Waals surface area contributed by atoms with Gasteiger partial charge in [-0.2, -0.15) is 0 Å². The summed E-state index contributed by atoms with van der Waals surface area (Å²) in [4.78, 5) is 11.6. The smallest absolute Gasteiger partial charge is 0.244 e. The third kappa shape index (κ3) is 3.72. The number of benzene rings is 1. The van der Waals surface area contributed by atoms with Crippen molar-refractivity contribution in [3.8, 4) is 11.5 Å². The number of ether oxygens (including phenoxy) is 2. The van der Waals surface area contributed by atoms with Crippen LogP contribution in [0.1, 0.15) is 18.9 Å². The van der Waals surface area contributed by atoms with Gasteiger partial charge in [0, 0.05) is 18.7 Å². The van der Waals surface area contributed by atoms with Gasteiger partial charge in [0.1, 0.15) is 0 Å². The second kappa shape index (κ2) is 6.24. The van der Waals surface area contributed by atoms with Crippen LogP contribution >= 0.6 is 0 Å². The van der Waals surface area contributed by atoms with E-state index in [2.05, 4.69) is 5.32 Å². The molecule has 0 bridgehead atoms. The van der Waals surface area contributed by atoms with Crippen molar-refractivity contribution in [1.82, 2.24) is 5.32 Å². The maximum absolute atomic E-state index is 11.6. The van der Waals surface area contributed by atoms with E-state index in [4.69, 9.17) is 15.2 Å². The van der Waals surface area contributed by atoms with E-state index in [0.717, 1.165) is 17.7 Å². The predicted octanol–water partition coefficient (Wildman–Crippen LogP) is 1.28. The highest BCUT2D eigenvalue weighted by molar-refractivity contribution is 5.91. The van der Waals surface area contributed by atoms with Gasteiger partial charge in [0.25, 0.3) is 0 Å². The summed E-state index contributed by atoms with van der Waals surface area (Å²) in [5.41, 5.74) is 6.61. The van der Waals surface area contributed by atoms with E-state index >= 15 is 0 Å². The van der Waals surface area contributed by atoms with Crippen LogP contribution in [0.2, 0.25) is 0 Å². The Balaban J connectivity index is 1.89. The van der Waals surface area contributed by atoms with Crippen LogP contribution in [0.15, 0.2) is 24.3 Å². The van der Waals surface area contributed by atoms with Crippen molar-refractivity contribution in [1.29, 1.82) is 0 Å². The van der Waals surface area contributed by atoms with E-state index in [1.165, 1.54) is 6.08 Å². The van der Waals surface area contributed by atoms with Gasteiger partial charge in [-0.3, -0.25) is 4.79 Å². The summed E-state index contributed by atoms with van der Waals surface area (Å²) in [6, 6.07) is 5.54. The van der Waals surface area contributed by atoms with E-state index < -0.39 is 0 Å². The van der Waals surface area contributed by atoms with Gasteiger partial charge in [-0.25, -0.2) is 0 Å². The molecule has 5 nitrogen and oxygen atoms in total. The van der Waals surface area contributed by atoms with E-state index in [0.29, 0.717) is 12.3 Å². The minimum atomic E-state index is -0.151. The summed E-state index contributed by atoms with van der Waals surface area (Å²) < 4.78 is 10.5. The van der Waals surface area contributed by atoms with Gasteiger partial charge in [0.05, 0.1) is 0 Å². The molecular weight excluding hydrogens is 244 g/mol. The largest absolute Gasteiger partial charge is 0.454 e. The minimum absolute atomic E-state index is 0.00268. The highest BCUT2D eigenvalue weighted by Crippen LogP contribution is 2.32. The summed E-state index contributed by atoms with van der Waals surface area (Å²) in [6.45, 7) is 2.72. The van der Waals surface area contributed by atoms with Crippen molar-refractivity contribution >= 4 is 12.0 Å². The lowest BCUT2D eigenvalue weighted by Gasteiger charge is -2.08. The molecule has 1 aliphatic heterocycles. The molecule has 0 saturated heterocycles. The van der Waals surface area contributed by atoms with Crippen molar-refractivity contribution in [3.63, 3.8) is 0 Å². The highest BCUT2D eigenvalue weighted by atomic mass is 16.7. The number of carbonyl (C=O) groups excluding carboxylic acids is 1. The Hall–Kier alpha value is -2.01. The van der Waals surface area contributed by atoms with Crippen molar-refractivity contribution in [2.75, 3.05) is 13.3 Å². The summed E-state index contributed by atoms with van der Waals surface area (Å²) in [7, 11) is 0. The minimum Gasteiger partial charge on any atom is -0.454 e. The number of rotatable bonds is 5. The fraction of sp³-hybridized carbons (Fsp3) is 0.357. The number of nitrogens with one attached hydrogen (secondary N) is 1. The zero-order valence-corrected chi connectivity index (χ0v) is 10.9. The van der Waals surface area contributed by atoms with E-state index in [1.54, 1.807) is 6.08 Å². The summed E-state index contributed by atoms with van der Waals surface area (Å²) >= 11 is 0. The Kier molecular flexibility index (Phi) is 4.41. The average Bonchev–Trinajstić information content (AvgIpc) is 2.89. The van der Waals surface area contributed by atoms with Gasteiger partial charge >= 0.3 is 0 Å². The van der Waals surface area contributed by atoms with Crippen LogP contribution in [-0.4, -0.2) is 25.3 Å². The van der Waals surface area contributed by atoms with Gasteiger partial charge < -0.3 is 20.5 Å². The van der Waals surface area contributed by atoms with Gasteiger partial charge in [-0.05, 0) is 30.2 Å². The van der Waals surface area contributed by atoms with E-state index in [1.807, 2.05) is 25.1 Å². The molecule has 0 aromatic heterocycles. The number of nitrogens with two attached hydrogens (primary N) is 1. The zero-order valence-electron chi connectivity index (χ0n) is 10.9. The van der Waals surface area contributed by atoms with Gasteiger partial charge in [0.2, 0.25) is 12.7 Å². The second-order valence-corrected chi connectivity index (χ2v) is 4.36. The molecule has 1 aromatic carbocycles. The fourth-order valence-corrected chi connectivity index (χ4v) is 1.62. The quantitative estimate of drug-likeness (QED) is 0.784. The molecule has 0 radical (unpaired) electrons. The maximum atomic E-state index is 11.6. The third-order valence-corrected chi connectivity index (χ3v) is 2.89. The van der Waals surface area contributed by atoms with Gasteiger partial charge in [0.15, 0.2) is 11.5 Å². The molecule has 2 rings (SSSR count). The lowest BCUT2D eigenvalue weighted by Crippen LogP contribution is -2.35. The topological polar surface area (TPSA) is 73.6 Å². The Bertz CT molecular complexity index is 486. The first-order valence-corrected chi connectivity index (χ1v) is 6.30. The first kappa shape index (κ1) is 13.4. The molecule has 0 fully saturated rings. The van der Waals surface area contributed by atoms with Crippen LogP contribution in [0, 0.1) is 0 Å². The van der Waals surface area contributed by atoms with Crippen molar-refractivity contribution in [2.45, 2.75) is 19.4 Å². The van der Waals surface area contributed by atoms with Crippen LogP contribution in [0.4, 0.5) is 0 Å². The molecule has 1 heterocycles. The van der Waals surface area contributed by atoms with E-state index in [9.17, 15) is 4.79 Å². The van der Waals surface area contributed by atoms with Crippen molar-refractivity contribution in [2.24, 2.45) is 5.73 Å². The lowest BCUT2D eigenvalue weighted by molar-refractivity contribution is -0.116. The van der Waals surface area contributed by atoms with Crippen LogP contribution in [0.5, 0.6) is 11.5 Å². The summed E-state index contributed by atoms with van der Waals surface area (Å²) in [5.74, 6) is 1.28. The Morgan fingerprint density at radius 3 is 3.05 bits per heavy atom. The SMILES string of the molecule is CCC(N)CNC(=O)/C=C/c1ccc2c(c1)OCO2. The molecule has 5 heteroatoms. The molecule has 3 N–H and O–H groups in total. The predicted molar refractivity (Wildman–Crippen MR) is 72.9 cm³/mol. The molecule has 0 aliphatic carbocycles. The van der Waals surface area contributed by atoms with Crippen LogP contribution < -0.4 is 20.5 Å². The molecule has 1 aromatic rings. The summed E-state index contributed by atoms with van der Waals surface area (Å²) in [5, 5.41) is 2.75. The highest BCUT2D eigenvalue weighted by Gasteiger charge is 2.12. The van der Waals surface area contributed by atoms with Crippen LogP contribution in [0.25, 0.3) is 6.08 Å². The monoisotopic (exact) mass is 262 g/mol. The number of hydrogen-bond acceptors (Lipinski definition) is 4. The lowest BCUT2D eigenvalue weighted by atomic mass is 10.2.